The van der Waals surface area contributed by atoms with E-state index in [1.54, 1.807) is 24.3 Å². The predicted molar refractivity (Wildman–Crippen MR) is 113 cm³/mol. The molecule has 0 heterocycles. The van der Waals surface area contributed by atoms with Gasteiger partial charge in [0, 0.05) is 29.4 Å². The number of carbonyl (C=O) groups is 2. The summed E-state index contributed by atoms with van der Waals surface area (Å²) < 4.78 is 0. The van der Waals surface area contributed by atoms with Crippen molar-refractivity contribution in [3.05, 3.63) is 59.7 Å². The van der Waals surface area contributed by atoms with Crippen molar-refractivity contribution >= 4 is 23.2 Å². The SMILES string of the molecule is CCN(CC)Cc1cccc(NC(=O)c2ccc(NC(=O)C3CC3C)cc2)c1. The maximum atomic E-state index is 12.5. The number of anilines is 2. The van der Waals surface area contributed by atoms with Crippen LogP contribution in [0, 0.1) is 11.8 Å². The Kier molecular flexibility index (Phi) is 6.47. The van der Waals surface area contributed by atoms with Crippen LogP contribution in [-0.2, 0) is 11.3 Å². The fourth-order valence-corrected chi connectivity index (χ4v) is 3.28. The number of hydrogen-bond acceptors (Lipinski definition) is 3. The number of nitrogens with one attached hydrogen (secondary N) is 2. The van der Waals surface area contributed by atoms with E-state index in [-0.39, 0.29) is 17.7 Å². The maximum absolute atomic E-state index is 12.5. The second kappa shape index (κ2) is 9.02. The number of nitrogens with zero attached hydrogens (tertiary/aromatic N) is 1. The van der Waals surface area contributed by atoms with E-state index in [1.807, 2.05) is 18.2 Å². The summed E-state index contributed by atoms with van der Waals surface area (Å²) in [6, 6.07) is 15.0. The van der Waals surface area contributed by atoms with Crippen LogP contribution in [0.2, 0.25) is 0 Å². The minimum absolute atomic E-state index is 0.0646. The minimum atomic E-state index is -0.159. The predicted octanol–water partition coefficient (Wildman–Crippen LogP) is 4.38. The number of benzene rings is 2. The van der Waals surface area contributed by atoms with Gasteiger partial charge in [0.05, 0.1) is 0 Å². The standard InChI is InChI=1S/C23H29N3O2/c1-4-26(5-2)15-17-7-6-8-20(14-17)25-22(27)18-9-11-19(12-10-18)24-23(28)21-13-16(21)3/h6-12,14,16,21H,4-5,13,15H2,1-3H3,(H,24,28)(H,25,27). The van der Waals surface area contributed by atoms with Gasteiger partial charge in [0.1, 0.15) is 0 Å². The molecule has 0 radical (unpaired) electrons. The maximum Gasteiger partial charge on any atom is 0.255 e. The zero-order valence-electron chi connectivity index (χ0n) is 16.9. The van der Waals surface area contributed by atoms with Crippen molar-refractivity contribution in [2.75, 3.05) is 23.7 Å². The molecule has 0 bridgehead atoms. The fraction of sp³-hybridized carbons (Fsp3) is 0.391. The third kappa shape index (κ3) is 5.20. The lowest BCUT2D eigenvalue weighted by atomic mass is 10.1. The Hall–Kier alpha value is -2.66. The molecule has 0 aliphatic heterocycles. The molecule has 2 atom stereocenters. The highest BCUT2D eigenvalue weighted by Gasteiger charge is 2.39. The molecule has 2 aromatic carbocycles. The van der Waals surface area contributed by atoms with Gasteiger partial charge in [-0.25, -0.2) is 0 Å². The van der Waals surface area contributed by atoms with Gasteiger partial charge in [0.2, 0.25) is 5.91 Å². The van der Waals surface area contributed by atoms with Crippen LogP contribution in [0.25, 0.3) is 0 Å². The van der Waals surface area contributed by atoms with E-state index in [0.717, 1.165) is 37.4 Å². The Labute approximate surface area is 167 Å². The highest BCUT2D eigenvalue weighted by molar-refractivity contribution is 6.04. The lowest BCUT2D eigenvalue weighted by molar-refractivity contribution is -0.117. The first-order chi connectivity index (χ1) is 13.5. The lowest BCUT2D eigenvalue weighted by Crippen LogP contribution is -2.22. The van der Waals surface area contributed by atoms with Gasteiger partial charge < -0.3 is 10.6 Å². The zero-order valence-corrected chi connectivity index (χ0v) is 16.9. The van der Waals surface area contributed by atoms with Gasteiger partial charge in [0.25, 0.3) is 5.91 Å². The van der Waals surface area contributed by atoms with Crippen LogP contribution >= 0.6 is 0 Å². The van der Waals surface area contributed by atoms with E-state index in [1.165, 1.54) is 5.56 Å². The van der Waals surface area contributed by atoms with Gasteiger partial charge >= 0.3 is 0 Å². The second-order valence-electron chi connectivity index (χ2n) is 7.50. The molecular formula is C23H29N3O2. The molecule has 0 saturated heterocycles. The second-order valence-corrected chi connectivity index (χ2v) is 7.50. The van der Waals surface area contributed by atoms with E-state index < -0.39 is 0 Å². The molecule has 28 heavy (non-hydrogen) atoms. The molecule has 2 N–H and O–H groups in total. The third-order valence-electron chi connectivity index (χ3n) is 5.35. The van der Waals surface area contributed by atoms with Gasteiger partial charge in [0.15, 0.2) is 0 Å². The Bertz CT molecular complexity index is 828. The van der Waals surface area contributed by atoms with Crippen molar-refractivity contribution in [3.63, 3.8) is 0 Å². The molecule has 5 heteroatoms. The van der Waals surface area contributed by atoms with Crippen LogP contribution in [0.1, 0.15) is 43.1 Å². The summed E-state index contributed by atoms with van der Waals surface area (Å²) in [7, 11) is 0. The molecule has 0 spiro atoms. The zero-order chi connectivity index (χ0) is 20.1. The molecule has 1 saturated carbocycles. The third-order valence-corrected chi connectivity index (χ3v) is 5.35. The summed E-state index contributed by atoms with van der Waals surface area (Å²) in [5, 5.41) is 5.87. The van der Waals surface area contributed by atoms with E-state index in [0.29, 0.717) is 11.5 Å². The summed E-state index contributed by atoms with van der Waals surface area (Å²) in [6.45, 7) is 9.23. The van der Waals surface area contributed by atoms with Gasteiger partial charge in [-0.1, -0.05) is 32.9 Å². The highest BCUT2D eigenvalue weighted by Crippen LogP contribution is 2.38. The topological polar surface area (TPSA) is 61.4 Å². The van der Waals surface area contributed by atoms with Crippen molar-refractivity contribution in [1.29, 1.82) is 0 Å². The Morgan fingerprint density at radius 2 is 1.68 bits per heavy atom. The Balaban J connectivity index is 1.59. The molecule has 1 aliphatic rings. The van der Waals surface area contributed by atoms with Crippen LogP contribution in [0.3, 0.4) is 0 Å². The number of carbonyl (C=O) groups excluding carboxylic acids is 2. The summed E-state index contributed by atoms with van der Waals surface area (Å²) in [5.41, 5.74) is 3.25. The quantitative estimate of drug-likeness (QED) is 0.716. The first-order valence-corrected chi connectivity index (χ1v) is 10.0. The lowest BCUT2D eigenvalue weighted by Gasteiger charge is -2.18. The van der Waals surface area contributed by atoms with Crippen molar-refractivity contribution in [3.8, 4) is 0 Å². The van der Waals surface area contributed by atoms with Crippen molar-refractivity contribution in [1.82, 2.24) is 4.90 Å². The molecule has 3 rings (SSSR count). The van der Waals surface area contributed by atoms with Gasteiger partial charge in [-0.05, 0) is 67.4 Å². The molecule has 5 nitrogen and oxygen atoms in total. The van der Waals surface area contributed by atoms with Crippen LogP contribution in [0.4, 0.5) is 11.4 Å². The first-order valence-electron chi connectivity index (χ1n) is 10.0. The molecule has 2 amide bonds. The first kappa shape index (κ1) is 20.1. The number of rotatable bonds is 8. The van der Waals surface area contributed by atoms with Crippen molar-refractivity contribution < 1.29 is 9.59 Å². The Morgan fingerprint density at radius 3 is 2.29 bits per heavy atom. The fourth-order valence-electron chi connectivity index (χ4n) is 3.28. The van der Waals surface area contributed by atoms with Crippen LogP contribution in [-0.4, -0.2) is 29.8 Å². The van der Waals surface area contributed by atoms with Gasteiger partial charge in [-0.3, -0.25) is 14.5 Å². The molecule has 148 valence electrons. The highest BCUT2D eigenvalue weighted by atomic mass is 16.2. The summed E-state index contributed by atoms with van der Waals surface area (Å²) in [6.07, 6.45) is 0.958. The monoisotopic (exact) mass is 379 g/mol. The van der Waals surface area contributed by atoms with Crippen LogP contribution in [0.5, 0.6) is 0 Å². The summed E-state index contributed by atoms with van der Waals surface area (Å²) in [5.74, 6) is 0.512. The van der Waals surface area contributed by atoms with Crippen LogP contribution in [0.15, 0.2) is 48.5 Å². The van der Waals surface area contributed by atoms with E-state index >= 15 is 0 Å². The molecule has 1 aliphatic carbocycles. The number of hydrogen-bond donors (Lipinski definition) is 2. The molecule has 1 fully saturated rings. The van der Waals surface area contributed by atoms with Gasteiger partial charge in [-0.2, -0.15) is 0 Å². The van der Waals surface area contributed by atoms with Crippen molar-refractivity contribution in [2.24, 2.45) is 11.8 Å². The summed E-state index contributed by atoms with van der Waals surface area (Å²) >= 11 is 0. The minimum Gasteiger partial charge on any atom is -0.326 e. The molecule has 2 aromatic rings. The van der Waals surface area contributed by atoms with Crippen LogP contribution < -0.4 is 10.6 Å². The molecule has 2 unspecified atom stereocenters. The molecule has 0 aromatic heterocycles. The van der Waals surface area contributed by atoms with E-state index in [4.69, 9.17) is 0 Å². The van der Waals surface area contributed by atoms with Gasteiger partial charge in [-0.15, -0.1) is 0 Å². The Morgan fingerprint density at radius 1 is 1.00 bits per heavy atom. The largest absolute Gasteiger partial charge is 0.326 e. The molecular weight excluding hydrogens is 350 g/mol. The smallest absolute Gasteiger partial charge is 0.255 e. The van der Waals surface area contributed by atoms with Crippen molar-refractivity contribution in [2.45, 2.75) is 33.7 Å². The number of amides is 2. The normalized spacial score (nSPS) is 18.0. The van der Waals surface area contributed by atoms with E-state index in [9.17, 15) is 9.59 Å². The summed E-state index contributed by atoms with van der Waals surface area (Å²) in [4.78, 5) is 26.9. The van der Waals surface area contributed by atoms with E-state index in [2.05, 4.69) is 42.4 Å². The average molecular weight is 380 g/mol. The average Bonchev–Trinajstić information content (AvgIpc) is 3.44.